The lowest BCUT2D eigenvalue weighted by atomic mass is 9.91. The Morgan fingerprint density at radius 3 is 2.48 bits per heavy atom. The number of rotatable bonds is 6. The molecule has 3 rings (SSSR count). The van der Waals surface area contributed by atoms with Crippen LogP contribution in [0.25, 0.3) is 5.76 Å². The van der Waals surface area contributed by atoms with Crippen molar-refractivity contribution in [3.05, 3.63) is 72.1 Å². The van der Waals surface area contributed by atoms with Crippen molar-refractivity contribution in [2.24, 2.45) is 5.92 Å². The van der Waals surface area contributed by atoms with Gasteiger partial charge in [0.15, 0.2) is 5.78 Å². The lowest BCUT2D eigenvalue weighted by molar-refractivity contribution is -0.119. The number of carbonyl (C=O) groups is 1. The molecular formula is C21H24N2O2. The lowest BCUT2D eigenvalue weighted by Gasteiger charge is -2.30. The van der Waals surface area contributed by atoms with E-state index >= 15 is 0 Å². The van der Waals surface area contributed by atoms with E-state index in [1.807, 2.05) is 6.07 Å². The van der Waals surface area contributed by atoms with E-state index in [0.29, 0.717) is 5.56 Å². The van der Waals surface area contributed by atoms with E-state index in [0.717, 1.165) is 38.9 Å². The molecule has 1 fully saturated rings. The van der Waals surface area contributed by atoms with Crippen molar-refractivity contribution in [3.8, 4) is 0 Å². The van der Waals surface area contributed by atoms with Gasteiger partial charge in [0.2, 0.25) is 0 Å². The third kappa shape index (κ3) is 5.00. The Morgan fingerprint density at radius 2 is 1.80 bits per heavy atom. The number of hydrogen-bond acceptors (Lipinski definition) is 4. The van der Waals surface area contributed by atoms with E-state index in [4.69, 9.17) is 0 Å². The number of nitrogens with zero attached hydrogens (tertiary/aromatic N) is 2. The number of piperidine rings is 1. The number of allylic oxidation sites excluding steroid dienone is 1. The fourth-order valence-corrected chi connectivity index (χ4v) is 3.23. The van der Waals surface area contributed by atoms with E-state index in [1.54, 1.807) is 24.5 Å². The monoisotopic (exact) mass is 336 g/mol. The SMILES string of the molecule is O=C(/C=C(\O)c1ccncc1)C1CCN(CCc2ccccc2)CC1. The molecule has 1 aliphatic heterocycles. The lowest BCUT2D eigenvalue weighted by Crippen LogP contribution is -2.37. The predicted octanol–water partition coefficient (Wildman–Crippen LogP) is 3.50. The molecular weight excluding hydrogens is 312 g/mol. The first-order chi connectivity index (χ1) is 12.2. The molecule has 4 heteroatoms. The van der Waals surface area contributed by atoms with Crippen molar-refractivity contribution >= 4 is 11.5 Å². The van der Waals surface area contributed by atoms with Gasteiger partial charge in [-0.25, -0.2) is 0 Å². The third-order valence-corrected chi connectivity index (χ3v) is 4.80. The minimum Gasteiger partial charge on any atom is -0.507 e. The molecule has 0 bridgehead atoms. The average Bonchev–Trinajstić information content (AvgIpc) is 2.68. The van der Waals surface area contributed by atoms with Crippen LogP contribution in [0.2, 0.25) is 0 Å². The second-order valence-electron chi connectivity index (χ2n) is 6.52. The molecule has 1 N–H and O–H groups in total. The van der Waals surface area contributed by atoms with Crippen LogP contribution in [0.3, 0.4) is 0 Å². The van der Waals surface area contributed by atoms with Gasteiger partial charge in [0.25, 0.3) is 0 Å². The highest BCUT2D eigenvalue weighted by atomic mass is 16.3. The van der Waals surface area contributed by atoms with Crippen molar-refractivity contribution in [1.82, 2.24) is 9.88 Å². The molecule has 0 radical (unpaired) electrons. The van der Waals surface area contributed by atoms with Gasteiger partial charge in [0.1, 0.15) is 5.76 Å². The number of likely N-dealkylation sites (tertiary alicyclic amines) is 1. The second-order valence-corrected chi connectivity index (χ2v) is 6.52. The number of carbonyl (C=O) groups excluding carboxylic acids is 1. The Hall–Kier alpha value is -2.46. The minimum atomic E-state index is 0.0111. The van der Waals surface area contributed by atoms with Gasteiger partial charge in [-0.2, -0.15) is 0 Å². The fraction of sp³-hybridized carbons (Fsp3) is 0.333. The molecule has 0 saturated carbocycles. The van der Waals surface area contributed by atoms with Gasteiger partial charge in [-0.3, -0.25) is 9.78 Å². The highest BCUT2D eigenvalue weighted by molar-refractivity contribution is 5.97. The first-order valence-electron chi connectivity index (χ1n) is 8.83. The van der Waals surface area contributed by atoms with Crippen LogP contribution in [0.1, 0.15) is 24.0 Å². The normalized spacial score (nSPS) is 16.7. The van der Waals surface area contributed by atoms with Crippen LogP contribution < -0.4 is 0 Å². The summed E-state index contributed by atoms with van der Waals surface area (Å²) in [4.78, 5) is 18.7. The highest BCUT2D eigenvalue weighted by Crippen LogP contribution is 2.21. The Balaban J connectivity index is 1.47. The summed E-state index contributed by atoms with van der Waals surface area (Å²) in [6.07, 6.45) is 7.34. The van der Waals surface area contributed by atoms with Crippen LogP contribution >= 0.6 is 0 Å². The third-order valence-electron chi connectivity index (χ3n) is 4.80. The topological polar surface area (TPSA) is 53.4 Å². The molecule has 0 aliphatic carbocycles. The van der Waals surface area contributed by atoms with Gasteiger partial charge in [-0.05, 0) is 50.0 Å². The number of ketones is 1. The maximum Gasteiger partial charge on any atom is 0.162 e. The number of aliphatic hydroxyl groups is 1. The van der Waals surface area contributed by atoms with Crippen LogP contribution in [0, 0.1) is 5.92 Å². The Kier molecular flexibility index (Phi) is 5.96. The molecule has 25 heavy (non-hydrogen) atoms. The zero-order valence-corrected chi connectivity index (χ0v) is 14.3. The largest absolute Gasteiger partial charge is 0.507 e. The number of aromatic nitrogens is 1. The summed E-state index contributed by atoms with van der Waals surface area (Å²) in [7, 11) is 0. The molecule has 1 aliphatic rings. The molecule has 1 saturated heterocycles. The Labute approximate surface area is 148 Å². The van der Waals surface area contributed by atoms with Crippen LogP contribution in [0.15, 0.2) is 60.9 Å². The fourth-order valence-electron chi connectivity index (χ4n) is 3.23. The van der Waals surface area contributed by atoms with E-state index < -0.39 is 0 Å². The first kappa shape index (κ1) is 17.4. The van der Waals surface area contributed by atoms with Crippen molar-refractivity contribution in [2.75, 3.05) is 19.6 Å². The molecule has 4 nitrogen and oxygen atoms in total. The second kappa shape index (κ2) is 8.58. The Bertz CT molecular complexity index is 705. The summed E-state index contributed by atoms with van der Waals surface area (Å²) in [5, 5.41) is 10.1. The summed E-state index contributed by atoms with van der Waals surface area (Å²) in [6.45, 7) is 2.91. The van der Waals surface area contributed by atoms with Crippen LogP contribution in [0.4, 0.5) is 0 Å². The molecule has 0 unspecified atom stereocenters. The van der Waals surface area contributed by atoms with E-state index in [1.165, 1.54) is 11.6 Å². The molecule has 1 aromatic heterocycles. The zero-order chi connectivity index (χ0) is 17.5. The molecule has 2 heterocycles. The molecule has 0 atom stereocenters. The van der Waals surface area contributed by atoms with Gasteiger partial charge in [-0.15, -0.1) is 0 Å². The summed E-state index contributed by atoms with van der Waals surface area (Å²) >= 11 is 0. The summed E-state index contributed by atoms with van der Waals surface area (Å²) in [5.74, 6) is 0.0629. The maximum atomic E-state index is 12.4. The summed E-state index contributed by atoms with van der Waals surface area (Å²) < 4.78 is 0. The van der Waals surface area contributed by atoms with Crippen molar-refractivity contribution in [3.63, 3.8) is 0 Å². The van der Waals surface area contributed by atoms with Gasteiger partial charge >= 0.3 is 0 Å². The van der Waals surface area contributed by atoms with E-state index in [9.17, 15) is 9.90 Å². The quantitative estimate of drug-likeness (QED) is 0.648. The standard InChI is InChI=1S/C21H24N2O2/c24-20(18-6-11-22-12-7-18)16-21(25)19-9-14-23(15-10-19)13-8-17-4-2-1-3-5-17/h1-7,11-12,16,19,24H,8-10,13-15H2/b20-16-. The van der Waals surface area contributed by atoms with Gasteiger partial charge in [0.05, 0.1) is 0 Å². The summed E-state index contributed by atoms with van der Waals surface area (Å²) in [6, 6.07) is 13.9. The van der Waals surface area contributed by atoms with Gasteiger partial charge in [0, 0.05) is 36.5 Å². The smallest absolute Gasteiger partial charge is 0.162 e. The van der Waals surface area contributed by atoms with Crippen molar-refractivity contribution < 1.29 is 9.90 Å². The molecule has 2 aromatic rings. The van der Waals surface area contributed by atoms with Crippen molar-refractivity contribution in [2.45, 2.75) is 19.3 Å². The molecule has 130 valence electrons. The molecule has 1 aromatic carbocycles. The minimum absolute atomic E-state index is 0.0111. The van der Waals surface area contributed by atoms with Crippen LogP contribution in [-0.4, -0.2) is 40.4 Å². The first-order valence-corrected chi connectivity index (χ1v) is 8.83. The predicted molar refractivity (Wildman–Crippen MR) is 99.2 cm³/mol. The van der Waals surface area contributed by atoms with Crippen LogP contribution in [-0.2, 0) is 11.2 Å². The summed E-state index contributed by atoms with van der Waals surface area (Å²) in [5.41, 5.74) is 1.98. The van der Waals surface area contributed by atoms with E-state index in [-0.39, 0.29) is 17.5 Å². The molecule has 0 spiro atoms. The zero-order valence-electron chi connectivity index (χ0n) is 14.3. The van der Waals surface area contributed by atoms with E-state index in [2.05, 4.69) is 34.1 Å². The Morgan fingerprint density at radius 1 is 1.12 bits per heavy atom. The number of hydrogen-bond donors (Lipinski definition) is 1. The maximum absolute atomic E-state index is 12.4. The van der Waals surface area contributed by atoms with Gasteiger partial charge in [-0.1, -0.05) is 30.3 Å². The number of pyridine rings is 1. The number of aliphatic hydroxyl groups excluding tert-OH is 1. The highest BCUT2D eigenvalue weighted by Gasteiger charge is 2.24. The average molecular weight is 336 g/mol. The molecule has 0 amide bonds. The van der Waals surface area contributed by atoms with Crippen molar-refractivity contribution in [1.29, 1.82) is 0 Å². The number of benzene rings is 1. The van der Waals surface area contributed by atoms with Crippen LogP contribution in [0.5, 0.6) is 0 Å². The van der Waals surface area contributed by atoms with Gasteiger partial charge < -0.3 is 10.0 Å².